The molecule has 1 aromatic rings. The van der Waals surface area contributed by atoms with Gasteiger partial charge in [0.05, 0.1) is 12.1 Å². The molecule has 86 valence electrons. The van der Waals surface area contributed by atoms with E-state index < -0.39 is 26.4 Å². The van der Waals surface area contributed by atoms with E-state index >= 15 is 0 Å². The smallest absolute Gasteiger partial charge is 0.169 e. The minimum atomic E-state index is -3.40. The molecule has 4 nitrogen and oxygen atoms in total. The summed E-state index contributed by atoms with van der Waals surface area (Å²) in [4.78, 5) is 0. The molecule has 0 spiro atoms. The number of rotatable bonds is 2. The molecule has 1 aliphatic rings. The highest BCUT2D eigenvalue weighted by atomic mass is 32.2. The van der Waals surface area contributed by atoms with Gasteiger partial charge in [-0.1, -0.05) is 30.3 Å². The second kappa shape index (κ2) is 3.58. The Hall–Kier alpha value is -1.85. The van der Waals surface area contributed by atoms with Gasteiger partial charge in [-0.15, -0.1) is 0 Å². The van der Waals surface area contributed by atoms with E-state index in [2.05, 4.69) is 0 Å². The average Bonchev–Trinajstić information content (AvgIpc) is 3.00. The van der Waals surface area contributed by atoms with Crippen molar-refractivity contribution in [2.75, 3.05) is 6.26 Å². The van der Waals surface area contributed by atoms with E-state index in [-0.39, 0.29) is 0 Å². The van der Waals surface area contributed by atoms with Gasteiger partial charge in [-0.3, -0.25) is 0 Å². The van der Waals surface area contributed by atoms with Gasteiger partial charge in [0, 0.05) is 12.2 Å². The van der Waals surface area contributed by atoms with Crippen LogP contribution in [0.2, 0.25) is 0 Å². The molecule has 0 heterocycles. The summed E-state index contributed by atoms with van der Waals surface area (Å²) >= 11 is 0. The molecule has 0 unspecified atom stereocenters. The van der Waals surface area contributed by atoms with Crippen LogP contribution in [-0.2, 0) is 9.84 Å². The summed E-state index contributed by atoms with van der Waals surface area (Å²) in [5, 5.41) is 17.3. The van der Waals surface area contributed by atoms with Crippen LogP contribution in [-0.4, -0.2) is 19.9 Å². The van der Waals surface area contributed by atoms with Crippen molar-refractivity contribution in [1.82, 2.24) is 0 Å². The van der Waals surface area contributed by atoms with Crippen LogP contribution in [0.3, 0.4) is 0 Å². The quantitative estimate of drug-likeness (QED) is 0.785. The third-order valence-corrected chi connectivity index (χ3v) is 4.69. The minimum absolute atomic E-state index is 0.534. The first-order valence-corrected chi connectivity index (χ1v) is 6.99. The number of sulfone groups is 1. The molecule has 17 heavy (non-hydrogen) atoms. The normalized spacial score (nSPS) is 25.6. The second-order valence-corrected chi connectivity index (χ2v) is 6.40. The van der Waals surface area contributed by atoms with E-state index in [1.54, 1.807) is 24.3 Å². The van der Waals surface area contributed by atoms with Crippen LogP contribution >= 0.6 is 0 Å². The van der Waals surface area contributed by atoms with Gasteiger partial charge in [0.2, 0.25) is 0 Å². The molecule has 0 radical (unpaired) electrons. The van der Waals surface area contributed by atoms with Crippen molar-refractivity contribution in [3.8, 4) is 12.1 Å². The largest absolute Gasteiger partial charge is 0.229 e. The highest BCUT2D eigenvalue weighted by molar-refractivity contribution is 7.91. The number of hydrogen-bond acceptors (Lipinski definition) is 4. The Labute approximate surface area is 100 Å². The van der Waals surface area contributed by atoms with Crippen LogP contribution < -0.4 is 0 Å². The van der Waals surface area contributed by atoms with Gasteiger partial charge >= 0.3 is 0 Å². The molecule has 1 aliphatic carbocycles. The van der Waals surface area contributed by atoms with E-state index in [9.17, 15) is 8.42 Å². The lowest BCUT2D eigenvalue weighted by Gasteiger charge is -1.97. The van der Waals surface area contributed by atoms with Crippen molar-refractivity contribution in [2.24, 2.45) is 5.41 Å². The summed E-state index contributed by atoms with van der Waals surface area (Å²) < 4.78 is 23.2. The monoisotopic (exact) mass is 246 g/mol. The summed E-state index contributed by atoms with van der Waals surface area (Å²) in [5.41, 5.74) is -0.694. The maximum atomic E-state index is 11.6. The Balaban J connectivity index is 2.52. The third-order valence-electron chi connectivity index (χ3n) is 3.12. The van der Waals surface area contributed by atoms with E-state index in [1.807, 2.05) is 18.2 Å². The minimum Gasteiger partial charge on any atom is -0.229 e. The van der Waals surface area contributed by atoms with Crippen molar-refractivity contribution in [3.05, 3.63) is 35.9 Å². The van der Waals surface area contributed by atoms with E-state index in [4.69, 9.17) is 10.5 Å². The average molecular weight is 246 g/mol. The predicted molar refractivity (Wildman–Crippen MR) is 61.5 cm³/mol. The zero-order valence-corrected chi connectivity index (χ0v) is 9.98. The molecule has 0 amide bonds. The fraction of sp³-hybridized carbons (Fsp3) is 0.333. The Kier molecular flexibility index (Phi) is 2.45. The molecule has 2 atom stereocenters. The predicted octanol–water partition coefficient (Wildman–Crippen LogP) is 1.23. The van der Waals surface area contributed by atoms with Gasteiger partial charge in [-0.25, -0.2) is 8.42 Å². The molecule has 1 saturated carbocycles. The molecule has 0 N–H and O–H groups in total. The van der Waals surface area contributed by atoms with E-state index in [1.165, 1.54) is 0 Å². The molecule has 5 heteroatoms. The maximum Gasteiger partial charge on any atom is 0.169 e. The lowest BCUT2D eigenvalue weighted by atomic mass is 10.0. The summed E-state index contributed by atoms with van der Waals surface area (Å²) in [5.74, 6) is -0.534. The maximum absolute atomic E-state index is 11.6. The Morgan fingerprint density at radius 1 is 1.18 bits per heavy atom. The summed E-state index contributed by atoms with van der Waals surface area (Å²) in [6.45, 7) is 0. The van der Waals surface area contributed by atoms with Crippen molar-refractivity contribution in [1.29, 1.82) is 10.5 Å². The standard InChI is InChI=1S/C12H10N2O2S/c1-17(15,16)11-10(12(11,7-13)8-14)9-5-3-2-4-6-9/h2-6,10-11H,1H3/t10-,11-/m1/s1. The molecule has 0 saturated heterocycles. The second-order valence-electron chi connectivity index (χ2n) is 4.23. The van der Waals surface area contributed by atoms with Crippen molar-refractivity contribution >= 4 is 9.84 Å². The Bertz CT molecular complexity index is 609. The first kappa shape index (κ1) is 11.6. The SMILES string of the molecule is CS(=O)(=O)[C@@H]1[C@@H](c2ccccc2)C1(C#N)C#N. The van der Waals surface area contributed by atoms with Gasteiger partial charge in [-0.05, 0) is 5.56 Å². The van der Waals surface area contributed by atoms with Crippen molar-refractivity contribution in [3.63, 3.8) is 0 Å². The molecule has 1 fully saturated rings. The molecule has 0 bridgehead atoms. The number of hydrogen-bond donors (Lipinski definition) is 0. The van der Waals surface area contributed by atoms with Gasteiger partial charge in [0.1, 0.15) is 5.25 Å². The van der Waals surface area contributed by atoms with Crippen molar-refractivity contribution in [2.45, 2.75) is 11.2 Å². The highest BCUT2D eigenvalue weighted by Gasteiger charge is 2.72. The fourth-order valence-corrected chi connectivity index (χ4v) is 4.05. The molecule has 2 rings (SSSR count). The van der Waals surface area contributed by atoms with Crippen LogP contribution in [0.5, 0.6) is 0 Å². The first-order valence-electron chi connectivity index (χ1n) is 5.03. The molecule has 1 aromatic carbocycles. The molecular formula is C12H10N2O2S. The van der Waals surface area contributed by atoms with Crippen LogP contribution in [0.15, 0.2) is 30.3 Å². The Morgan fingerprint density at radius 3 is 2.06 bits per heavy atom. The molecule has 0 aromatic heterocycles. The lowest BCUT2D eigenvalue weighted by molar-refractivity contribution is 0.597. The number of nitriles is 2. The van der Waals surface area contributed by atoms with Crippen LogP contribution in [0.4, 0.5) is 0 Å². The molecule has 0 aliphatic heterocycles. The first-order chi connectivity index (χ1) is 7.97. The fourth-order valence-electron chi connectivity index (χ4n) is 2.33. The highest BCUT2D eigenvalue weighted by Crippen LogP contribution is 2.61. The van der Waals surface area contributed by atoms with Crippen molar-refractivity contribution < 1.29 is 8.42 Å². The summed E-state index contributed by atoms with van der Waals surface area (Å²) in [7, 11) is -3.40. The van der Waals surface area contributed by atoms with Crippen LogP contribution in [0.1, 0.15) is 11.5 Å². The summed E-state index contributed by atoms with van der Waals surface area (Å²) in [6, 6.07) is 12.6. The molecular weight excluding hydrogens is 236 g/mol. The van der Waals surface area contributed by atoms with Gasteiger partial charge in [0.15, 0.2) is 15.3 Å². The summed E-state index contributed by atoms with van der Waals surface area (Å²) in [6.07, 6.45) is 1.07. The zero-order chi connectivity index (χ0) is 12.7. The Morgan fingerprint density at radius 2 is 1.71 bits per heavy atom. The van der Waals surface area contributed by atoms with Gasteiger partial charge in [0.25, 0.3) is 0 Å². The van der Waals surface area contributed by atoms with Gasteiger partial charge < -0.3 is 0 Å². The van der Waals surface area contributed by atoms with E-state index in [0.717, 1.165) is 11.8 Å². The topological polar surface area (TPSA) is 81.7 Å². The van der Waals surface area contributed by atoms with E-state index in [0.29, 0.717) is 0 Å². The van der Waals surface area contributed by atoms with Crippen LogP contribution in [0, 0.1) is 28.1 Å². The lowest BCUT2D eigenvalue weighted by Crippen LogP contribution is -2.11. The zero-order valence-electron chi connectivity index (χ0n) is 9.16. The van der Waals surface area contributed by atoms with Crippen LogP contribution in [0.25, 0.3) is 0 Å². The van der Waals surface area contributed by atoms with Gasteiger partial charge in [-0.2, -0.15) is 10.5 Å². The third kappa shape index (κ3) is 1.60. The number of benzene rings is 1. The number of nitrogens with zero attached hydrogens (tertiary/aromatic N) is 2.